The van der Waals surface area contributed by atoms with Crippen molar-refractivity contribution >= 4 is 70.7 Å². The predicted molar refractivity (Wildman–Crippen MR) is 232 cm³/mol. The molecule has 0 aliphatic rings. The smallest absolute Gasteiger partial charge is 0.0817 e. The zero-order valence-electron chi connectivity index (χ0n) is 29.8. The summed E-state index contributed by atoms with van der Waals surface area (Å²) in [7, 11) is 0. The lowest BCUT2D eigenvalue weighted by Gasteiger charge is -2.23. The highest BCUT2D eigenvalue weighted by Crippen LogP contribution is 2.40. The van der Waals surface area contributed by atoms with Gasteiger partial charge in [0.25, 0.3) is 0 Å². The number of hydrogen-bond donors (Lipinski definition) is 2. The number of hydrogen-bond acceptors (Lipinski definition) is 2. The molecule has 10 aromatic rings. The van der Waals surface area contributed by atoms with Gasteiger partial charge < -0.3 is 5.73 Å². The van der Waals surface area contributed by atoms with Gasteiger partial charge in [-0.3, -0.25) is 5.32 Å². The number of nitrogens with one attached hydrogen (secondary N) is 1. The zero-order valence-corrected chi connectivity index (χ0v) is 29.8. The minimum absolute atomic E-state index is 0.150. The van der Waals surface area contributed by atoms with Gasteiger partial charge in [-0.25, -0.2) is 0 Å². The molecule has 2 unspecified atom stereocenters. The third kappa shape index (κ3) is 5.61. The zero-order chi connectivity index (χ0) is 36.0. The Morgan fingerprint density at radius 3 is 1.70 bits per heavy atom. The summed E-state index contributed by atoms with van der Waals surface area (Å²) in [6, 6.07) is 67.8. The van der Waals surface area contributed by atoms with Crippen LogP contribution in [0.2, 0.25) is 0 Å². The Labute approximate surface area is 314 Å². The average molecular weight is 691 g/mol. The number of benzene rings is 10. The maximum absolute atomic E-state index is 6.88. The molecule has 10 aromatic carbocycles. The molecule has 0 saturated heterocycles. The minimum Gasteiger partial charge on any atom is -0.312 e. The van der Waals surface area contributed by atoms with E-state index in [1.165, 1.54) is 75.8 Å². The van der Waals surface area contributed by atoms with Gasteiger partial charge in [0, 0.05) is 0 Å². The Morgan fingerprint density at radius 1 is 0.389 bits per heavy atom. The number of fused-ring (bicyclic) bond motifs is 10. The summed E-state index contributed by atoms with van der Waals surface area (Å²) in [5, 5.41) is 18.9. The maximum Gasteiger partial charge on any atom is 0.0817 e. The molecule has 10 rings (SSSR count). The molecule has 0 aliphatic heterocycles. The van der Waals surface area contributed by atoms with Crippen LogP contribution in [0.25, 0.3) is 81.8 Å². The van der Waals surface area contributed by atoms with E-state index in [0.717, 1.165) is 16.7 Å². The summed E-state index contributed by atoms with van der Waals surface area (Å²) < 4.78 is 0. The summed E-state index contributed by atoms with van der Waals surface area (Å²) in [6.45, 7) is 0. The molecule has 0 bridgehead atoms. The van der Waals surface area contributed by atoms with Crippen LogP contribution in [-0.2, 0) is 0 Å². The van der Waals surface area contributed by atoms with E-state index >= 15 is 0 Å². The van der Waals surface area contributed by atoms with Gasteiger partial charge in [0.05, 0.1) is 12.2 Å². The van der Waals surface area contributed by atoms with Crippen molar-refractivity contribution in [2.75, 3.05) is 0 Å². The molecule has 2 atom stereocenters. The lowest BCUT2D eigenvalue weighted by atomic mass is 9.89. The molecular formula is C52H38N2. The fourth-order valence-electron chi connectivity index (χ4n) is 8.47. The topological polar surface area (TPSA) is 38.0 Å². The molecule has 2 nitrogen and oxygen atoms in total. The predicted octanol–water partition coefficient (Wildman–Crippen LogP) is 13.3. The second-order valence-corrected chi connectivity index (χ2v) is 14.3. The van der Waals surface area contributed by atoms with E-state index in [2.05, 4.69) is 187 Å². The lowest BCUT2D eigenvalue weighted by Crippen LogP contribution is -2.31. The first-order valence-corrected chi connectivity index (χ1v) is 18.7. The average Bonchev–Trinajstić information content (AvgIpc) is 3.24. The summed E-state index contributed by atoms with van der Waals surface area (Å²) >= 11 is 0. The van der Waals surface area contributed by atoms with Crippen molar-refractivity contribution in [2.24, 2.45) is 5.73 Å². The van der Waals surface area contributed by atoms with Crippen LogP contribution < -0.4 is 11.1 Å². The monoisotopic (exact) mass is 690 g/mol. The van der Waals surface area contributed by atoms with Crippen LogP contribution in [0.5, 0.6) is 0 Å². The van der Waals surface area contributed by atoms with E-state index in [9.17, 15) is 0 Å². The summed E-state index contributed by atoms with van der Waals surface area (Å²) in [5.41, 5.74) is 12.7. The van der Waals surface area contributed by atoms with Crippen LogP contribution in [0.4, 0.5) is 0 Å². The molecule has 0 heterocycles. The number of rotatable bonds is 7. The standard InChI is InChI=1S/C52H38N2/c53-52(36-15-2-1-3-16-36)54-50(38-27-28-46-44-23-9-8-21-42(44)43-22-10-11-24-45(43)49(46)33-38)30-25-34-13-12-18-39(31-34)51-41-20-7-5-17-37(41)32-48-40-19-6-4-14-35(40)26-29-47(48)51/h1-33,50,52,54H,53H2/b30-25+. The van der Waals surface area contributed by atoms with Gasteiger partial charge >= 0.3 is 0 Å². The Balaban J connectivity index is 1.10. The molecule has 54 heavy (non-hydrogen) atoms. The van der Waals surface area contributed by atoms with Gasteiger partial charge in [0.1, 0.15) is 0 Å². The molecule has 0 radical (unpaired) electrons. The van der Waals surface area contributed by atoms with E-state index in [1.807, 2.05) is 18.2 Å². The first-order valence-electron chi connectivity index (χ1n) is 18.7. The Hall–Kier alpha value is -6.58. The molecular weight excluding hydrogens is 653 g/mol. The molecule has 0 spiro atoms. The Bertz CT molecular complexity index is 3020. The third-order valence-corrected chi connectivity index (χ3v) is 11.1. The van der Waals surface area contributed by atoms with Crippen molar-refractivity contribution < 1.29 is 0 Å². The lowest BCUT2D eigenvalue weighted by molar-refractivity contribution is 0.509. The molecule has 0 aromatic heterocycles. The first kappa shape index (κ1) is 32.1. The van der Waals surface area contributed by atoms with Crippen LogP contribution in [0.1, 0.15) is 28.9 Å². The van der Waals surface area contributed by atoms with Gasteiger partial charge in [0.15, 0.2) is 0 Å². The van der Waals surface area contributed by atoms with Crippen molar-refractivity contribution in [1.82, 2.24) is 5.32 Å². The summed E-state index contributed by atoms with van der Waals surface area (Å²) in [5.74, 6) is 0. The molecule has 3 N–H and O–H groups in total. The highest BCUT2D eigenvalue weighted by molar-refractivity contribution is 6.25. The van der Waals surface area contributed by atoms with Gasteiger partial charge in [-0.2, -0.15) is 0 Å². The Morgan fingerprint density at radius 2 is 0.963 bits per heavy atom. The second-order valence-electron chi connectivity index (χ2n) is 14.3. The van der Waals surface area contributed by atoms with Crippen LogP contribution in [0, 0.1) is 0 Å². The highest BCUT2D eigenvalue weighted by Gasteiger charge is 2.17. The molecule has 0 aliphatic carbocycles. The Kier molecular flexibility index (Phi) is 7.99. The summed E-state index contributed by atoms with van der Waals surface area (Å²) in [4.78, 5) is 0. The van der Waals surface area contributed by atoms with E-state index in [4.69, 9.17) is 5.73 Å². The van der Waals surface area contributed by atoms with Crippen LogP contribution in [-0.4, -0.2) is 0 Å². The van der Waals surface area contributed by atoms with Gasteiger partial charge in [-0.1, -0.05) is 182 Å². The van der Waals surface area contributed by atoms with E-state index in [1.54, 1.807) is 0 Å². The normalized spacial score (nSPS) is 13.1. The minimum atomic E-state index is -0.354. The second kappa shape index (κ2) is 13.4. The largest absolute Gasteiger partial charge is 0.312 e. The summed E-state index contributed by atoms with van der Waals surface area (Å²) in [6.07, 6.45) is 4.15. The molecule has 0 fully saturated rings. The maximum atomic E-state index is 6.88. The van der Waals surface area contributed by atoms with E-state index in [-0.39, 0.29) is 12.2 Å². The SMILES string of the molecule is NC(NC(/C=C/c1cccc(-c2c3ccccc3cc3c2ccc2ccccc23)c1)c1ccc2c3ccccc3c3ccccc3c2c1)c1ccccc1. The molecule has 0 saturated carbocycles. The molecule has 256 valence electrons. The van der Waals surface area contributed by atoms with Gasteiger partial charge in [0.2, 0.25) is 0 Å². The van der Waals surface area contributed by atoms with Crippen molar-refractivity contribution in [3.05, 3.63) is 211 Å². The van der Waals surface area contributed by atoms with Gasteiger partial charge in [-0.15, -0.1) is 0 Å². The number of nitrogens with two attached hydrogens (primary N) is 1. The van der Waals surface area contributed by atoms with Crippen molar-refractivity contribution in [2.45, 2.75) is 12.2 Å². The van der Waals surface area contributed by atoms with Crippen molar-refractivity contribution in [3.8, 4) is 11.1 Å². The van der Waals surface area contributed by atoms with E-state index in [0.29, 0.717) is 0 Å². The van der Waals surface area contributed by atoms with Crippen LogP contribution in [0.3, 0.4) is 0 Å². The molecule has 2 heteroatoms. The quantitative estimate of drug-likeness (QED) is 0.0992. The molecule has 0 amide bonds. The fourth-order valence-corrected chi connectivity index (χ4v) is 8.47. The van der Waals surface area contributed by atoms with Gasteiger partial charge in [-0.05, 0) is 111 Å². The fraction of sp³-hybridized carbons (Fsp3) is 0.0385. The van der Waals surface area contributed by atoms with Crippen molar-refractivity contribution in [3.63, 3.8) is 0 Å². The third-order valence-electron chi connectivity index (χ3n) is 11.1. The van der Waals surface area contributed by atoms with E-state index < -0.39 is 0 Å². The highest BCUT2D eigenvalue weighted by atomic mass is 15.0. The van der Waals surface area contributed by atoms with Crippen molar-refractivity contribution in [1.29, 1.82) is 0 Å². The van der Waals surface area contributed by atoms with Crippen LogP contribution in [0.15, 0.2) is 194 Å². The first-order chi connectivity index (χ1) is 26.7. The van der Waals surface area contributed by atoms with Crippen LogP contribution >= 0.6 is 0 Å².